The lowest BCUT2D eigenvalue weighted by Crippen LogP contribution is -2.33. The number of hydrogen-bond acceptors (Lipinski definition) is 4. The van der Waals surface area contributed by atoms with Gasteiger partial charge in [0.25, 0.3) is 0 Å². The lowest BCUT2D eigenvalue weighted by Gasteiger charge is -2.08. The van der Waals surface area contributed by atoms with E-state index in [4.69, 9.17) is 28.3 Å². The second-order valence-electron chi connectivity index (χ2n) is 3.54. The van der Waals surface area contributed by atoms with E-state index in [9.17, 15) is 13.2 Å². The molecule has 9 heteroatoms. The van der Waals surface area contributed by atoms with Crippen LogP contribution in [0.25, 0.3) is 0 Å². The van der Waals surface area contributed by atoms with Crippen LogP contribution in [0.3, 0.4) is 0 Å². The van der Waals surface area contributed by atoms with Crippen molar-refractivity contribution in [3.63, 3.8) is 0 Å². The van der Waals surface area contributed by atoms with Gasteiger partial charge in [0.05, 0.1) is 14.9 Å². The Labute approximate surface area is 120 Å². The SMILES string of the molecule is O=C(O)NCCNCS(=O)(=O)c1cccc(Cl)c1Cl. The van der Waals surface area contributed by atoms with E-state index in [1.807, 2.05) is 0 Å². The fourth-order valence-electron chi connectivity index (χ4n) is 1.27. The van der Waals surface area contributed by atoms with Gasteiger partial charge in [-0.15, -0.1) is 0 Å². The highest BCUT2D eigenvalue weighted by atomic mass is 35.5. The molecule has 0 heterocycles. The molecular weight excluding hydrogens is 315 g/mol. The standard InChI is InChI=1S/C10H12Cl2N2O4S/c11-7-2-1-3-8(9(7)12)19(17,18)6-13-4-5-14-10(15)16/h1-3,13-14H,4-6H2,(H,15,16). The molecule has 0 saturated heterocycles. The molecule has 0 aliphatic heterocycles. The Hall–Kier alpha value is -1.02. The minimum atomic E-state index is -3.62. The fourth-order valence-corrected chi connectivity index (χ4v) is 3.21. The first kappa shape index (κ1) is 16.0. The molecule has 1 amide bonds. The van der Waals surface area contributed by atoms with E-state index in [-0.39, 0.29) is 33.9 Å². The lowest BCUT2D eigenvalue weighted by molar-refractivity contribution is 0.194. The summed E-state index contributed by atoms with van der Waals surface area (Å²) in [6.07, 6.45) is -1.16. The van der Waals surface area contributed by atoms with Gasteiger partial charge in [-0.2, -0.15) is 0 Å². The highest BCUT2D eigenvalue weighted by Gasteiger charge is 2.18. The van der Waals surface area contributed by atoms with Crippen molar-refractivity contribution in [1.29, 1.82) is 0 Å². The molecular formula is C10H12Cl2N2O4S. The maximum absolute atomic E-state index is 12.0. The van der Waals surface area contributed by atoms with E-state index in [1.165, 1.54) is 18.2 Å². The summed E-state index contributed by atoms with van der Waals surface area (Å²) in [5.74, 6) is -0.353. The van der Waals surface area contributed by atoms with Gasteiger partial charge >= 0.3 is 6.09 Å². The molecule has 0 spiro atoms. The highest BCUT2D eigenvalue weighted by Crippen LogP contribution is 2.29. The number of halogens is 2. The largest absolute Gasteiger partial charge is 0.465 e. The minimum absolute atomic E-state index is 0.0189. The number of amides is 1. The van der Waals surface area contributed by atoms with Crippen molar-refractivity contribution in [2.45, 2.75) is 4.90 Å². The van der Waals surface area contributed by atoms with Gasteiger partial charge in [0.2, 0.25) is 0 Å². The maximum Gasteiger partial charge on any atom is 0.404 e. The first-order chi connectivity index (χ1) is 8.84. The van der Waals surface area contributed by atoms with Crippen molar-refractivity contribution in [1.82, 2.24) is 10.6 Å². The van der Waals surface area contributed by atoms with E-state index in [0.29, 0.717) is 0 Å². The molecule has 0 aliphatic carbocycles. The lowest BCUT2D eigenvalue weighted by atomic mass is 10.4. The maximum atomic E-state index is 12.0. The van der Waals surface area contributed by atoms with Gasteiger partial charge in [0, 0.05) is 13.1 Å². The Morgan fingerprint density at radius 1 is 1.26 bits per heavy atom. The zero-order chi connectivity index (χ0) is 14.5. The molecule has 0 radical (unpaired) electrons. The van der Waals surface area contributed by atoms with E-state index in [0.717, 1.165) is 0 Å². The van der Waals surface area contributed by atoms with Crippen molar-refractivity contribution in [2.24, 2.45) is 0 Å². The summed E-state index contributed by atoms with van der Waals surface area (Å²) in [4.78, 5) is 10.1. The van der Waals surface area contributed by atoms with Crippen LogP contribution >= 0.6 is 23.2 Å². The highest BCUT2D eigenvalue weighted by molar-refractivity contribution is 7.91. The minimum Gasteiger partial charge on any atom is -0.465 e. The molecule has 0 aromatic heterocycles. The Morgan fingerprint density at radius 3 is 2.58 bits per heavy atom. The molecule has 0 aliphatic rings. The van der Waals surface area contributed by atoms with Crippen LogP contribution in [0.15, 0.2) is 23.1 Å². The third-order valence-corrected chi connectivity index (χ3v) is 4.65. The number of carboxylic acid groups (broad SMARTS) is 1. The van der Waals surface area contributed by atoms with E-state index in [2.05, 4.69) is 10.6 Å². The molecule has 106 valence electrons. The van der Waals surface area contributed by atoms with Crippen molar-refractivity contribution < 1.29 is 18.3 Å². The van der Waals surface area contributed by atoms with Crippen LogP contribution in [0.5, 0.6) is 0 Å². The summed E-state index contributed by atoms with van der Waals surface area (Å²) < 4.78 is 23.9. The summed E-state index contributed by atoms with van der Waals surface area (Å²) >= 11 is 11.6. The summed E-state index contributed by atoms with van der Waals surface area (Å²) in [5, 5.41) is 13.2. The number of rotatable bonds is 6. The third kappa shape index (κ3) is 4.87. The molecule has 1 rings (SSSR count). The van der Waals surface area contributed by atoms with E-state index in [1.54, 1.807) is 0 Å². The van der Waals surface area contributed by atoms with E-state index < -0.39 is 15.9 Å². The number of carbonyl (C=O) groups is 1. The molecule has 6 nitrogen and oxygen atoms in total. The summed E-state index contributed by atoms with van der Waals surface area (Å²) in [6, 6.07) is 4.35. The topological polar surface area (TPSA) is 95.5 Å². The summed E-state index contributed by atoms with van der Waals surface area (Å²) in [6.45, 7) is 0.290. The molecule has 0 unspecified atom stereocenters. The van der Waals surface area contributed by atoms with Crippen molar-refractivity contribution in [3.8, 4) is 0 Å². The van der Waals surface area contributed by atoms with Crippen LogP contribution < -0.4 is 10.6 Å². The average molecular weight is 327 g/mol. The molecule has 0 atom stereocenters. The number of benzene rings is 1. The second-order valence-corrected chi connectivity index (χ2v) is 6.29. The fraction of sp³-hybridized carbons (Fsp3) is 0.300. The van der Waals surface area contributed by atoms with Gasteiger partial charge in [0.1, 0.15) is 5.88 Å². The quantitative estimate of drug-likeness (QED) is 0.690. The molecule has 1 aromatic rings. The number of hydrogen-bond donors (Lipinski definition) is 3. The van der Waals surface area contributed by atoms with Gasteiger partial charge in [-0.1, -0.05) is 29.3 Å². The van der Waals surface area contributed by atoms with Gasteiger partial charge in [-0.05, 0) is 12.1 Å². The Balaban J connectivity index is 2.61. The Kier molecular flexibility index (Phi) is 5.86. The average Bonchev–Trinajstić information content (AvgIpc) is 2.31. The van der Waals surface area contributed by atoms with Gasteiger partial charge < -0.3 is 15.7 Å². The van der Waals surface area contributed by atoms with Crippen molar-refractivity contribution in [3.05, 3.63) is 28.2 Å². The van der Waals surface area contributed by atoms with Crippen LogP contribution in [-0.2, 0) is 9.84 Å². The van der Waals surface area contributed by atoms with Crippen LogP contribution in [0.4, 0.5) is 4.79 Å². The predicted octanol–water partition coefficient (Wildman–Crippen LogP) is 1.58. The molecule has 0 bridgehead atoms. The molecule has 0 saturated carbocycles. The van der Waals surface area contributed by atoms with Crippen molar-refractivity contribution in [2.75, 3.05) is 19.0 Å². The monoisotopic (exact) mass is 326 g/mol. The summed E-state index contributed by atoms with van der Waals surface area (Å²) in [7, 11) is -3.62. The van der Waals surface area contributed by atoms with Crippen LogP contribution in [-0.4, -0.2) is 38.6 Å². The molecule has 3 N–H and O–H groups in total. The van der Waals surface area contributed by atoms with Gasteiger partial charge in [0.15, 0.2) is 9.84 Å². The molecule has 0 fully saturated rings. The van der Waals surface area contributed by atoms with Crippen LogP contribution in [0, 0.1) is 0 Å². The first-order valence-corrected chi connectivity index (χ1v) is 7.59. The Morgan fingerprint density at radius 2 is 1.95 bits per heavy atom. The van der Waals surface area contributed by atoms with Crippen molar-refractivity contribution >= 4 is 39.1 Å². The van der Waals surface area contributed by atoms with Gasteiger partial charge in [-0.3, -0.25) is 0 Å². The second kappa shape index (κ2) is 6.95. The van der Waals surface area contributed by atoms with Crippen LogP contribution in [0.1, 0.15) is 0 Å². The number of nitrogens with one attached hydrogen (secondary N) is 2. The zero-order valence-corrected chi connectivity index (χ0v) is 12.0. The first-order valence-electron chi connectivity index (χ1n) is 5.19. The predicted molar refractivity (Wildman–Crippen MR) is 72.5 cm³/mol. The third-order valence-electron chi connectivity index (χ3n) is 2.12. The normalized spacial score (nSPS) is 11.3. The summed E-state index contributed by atoms with van der Waals surface area (Å²) in [5.41, 5.74) is 0. The van der Waals surface area contributed by atoms with Crippen LogP contribution in [0.2, 0.25) is 10.0 Å². The zero-order valence-electron chi connectivity index (χ0n) is 9.69. The smallest absolute Gasteiger partial charge is 0.404 e. The molecule has 19 heavy (non-hydrogen) atoms. The molecule has 1 aromatic carbocycles. The Bertz CT molecular complexity index is 563. The number of sulfone groups is 1. The van der Waals surface area contributed by atoms with E-state index >= 15 is 0 Å². The van der Waals surface area contributed by atoms with Gasteiger partial charge in [-0.25, -0.2) is 13.2 Å².